The van der Waals surface area contributed by atoms with Gasteiger partial charge in [-0.15, -0.1) is 11.8 Å². The Bertz CT molecular complexity index is 1130. The number of aliphatic hydroxyl groups excluding tert-OH is 1. The highest BCUT2D eigenvalue weighted by Crippen LogP contribution is 2.61. The van der Waals surface area contributed by atoms with Crippen molar-refractivity contribution in [3.63, 3.8) is 0 Å². The molecule has 0 radical (unpaired) electrons. The fourth-order valence-corrected chi connectivity index (χ4v) is 9.36. The zero-order chi connectivity index (χ0) is 26.3. The number of carbonyl (C=O) groups excluding carboxylic acids is 3. The van der Waals surface area contributed by atoms with Crippen LogP contribution in [0.25, 0.3) is 0 Å². The van der Waals surface area contributed by atoms with Gasteiger partial charge in [-0.2, -0.15) is 0 Å². The molecule has 2 saturated heterocycles. The lowest BCUT2D eigenvalue weighted by Gasteiger charge is -2.39. The third-order valence-corrected chi connectivity index (χ3v) is 10.8. The summed E-state index contributed by atoms with van der Waals surface area (Å²) in [4.78, 5) is 48.5. The van der Waals surface area contributed by atoms with Gasteiger partial charge >= 0.3 is 0 Å². The van der Waals surface area contributed by atoms with E-state index in [4.69, 9.17) is 0 Å². The number of thioether (sulfide) groups is 1. The standard InChI is InChI=1S/C30H37N3O4S/c34-20-8-7-17-33-26-29(37)32(22-13-5-2-6-14-22)19-10-16-30(26)25(28(33)36)24-23(38-30)15-9-18-31(27(24)35)21-11-3-1-4-12-21/h1,3-4,9-12,15-16,22-26,34H,2,5-8,13-14,17-20H2/t23-,24+,25-,26?,30-/m0/s1. The Hall–Kier alpha value is -2.58. The fraction of sp³-hybridized carbons (Fsp3) is 0.567. The molecular formula is C30H37N3O4S. The maximum Gasteiger partial charge on any atom is 0.247 e. The van der Waals surface area contributed by atoms with E-state index in [2.05, 4.69) is 18.2 Å². The van der Waals surface area contributed by atoms with Crippen molar-refractivity contribution in [2.24, 2.45) is 11.8 Å². The number of fused-ring (bicyclic) bond motifs is 2. The second kappa shape index (κ2) is 10.5. The molecule has 7 nitrogen and oxygen atoms in total. The van der Waals surface area contributed by atoms with Crippen molar-refractivity contribution in [1.29, 1.82) is 0 Å². The number of amides is 3. The van der Waals surface area contributed by atoms with E-state index in [1.807, 2.05) is 41.3 Å². The van der Waals surface area contributed by atoms with Crippen LogP contribution in [0, 0.1) is 11.8 Å². The highest BCUT2D eigenvalue weighted by Gasteiger charge is 2.71. The molecule has 8 heteroatoms. The monoisotopic (exact) mass is 535 g/mol. The van der Waals surface area contributed by atoms with E-state index in [0.717, 1.165) is 31.4 Å². The van der Waals surface area contributed by atoms with Crippen LogP contribution in [-0.4, -0.2) is 80.9 Å². The van der Waals surface area contributed by atoms with Crippen LogP contribution in [0.5, 0.6) is 0 Å². The molecule has 5 aliphatic rings. The molecule has 4 heterocycles. The molecule has 202 valence electrons. The zero-order valence-electron chi connectivity index (χ0n) is 21.8. The Morgan fingerprint density at radius 3 is 2.47 bits per heavy atom. The number of aliphatic hydroxyl groups is 1. The van der Waals surface area contributed by atoms with Gasteiger partial charge in [-0.1, -0.05) is 61.8 Å². The van der Waals surface area contributed by atoms with Crippen molar-refractivity contribution in [3.05, 3.63) is 54.6 Å². The van der Waals surface area contributed by atoms with Crippen molar-refractivity contribution < 1.29 is 19.5 Å². The summed E-state index contributed by atoms with van der Waals surface area (Å²) < 4.78 is -0.772. The number of likely N-dealkylation sites (tertiary alicyclic amines) is 1. The van der Waals surface area contributed by atoms with Gasteiger partial charge in [0.2, 0.25) is 17.7 Å². The number of rotatable bonds is 6. The van der Waals surface area contributed by atoms with Gasteiger partial charge in [-0.25, -0.2) is 0 Å². The van der Waals surface area contributed by atoms with E-state index >= 15 is 0 Å². The molecule has 3 fully saturated rings. The molecule has 5 atom stereocenters. The second-order valence-corrected chi connectivity index (χ2v) is 12.7. The molecule has 1 aromatic carbocycles. The van der Waals surface area contributed by atoms with Gasteiger partial charge in [0.25, 0.3) is 0 Å². The van der Waals surface area contributed by atoms with E-state index in [0.29, 0.717) is 32.5 Å². The number of benzene rings is 1. The smallest absolute Gasteiger partial charge is 0.247 e. The minimum atomic E-state index is -0.772. The Kier molecular flexibility index (Phi) is 7.12. The van der Waals surface area contributed by atoms with Crippen LogP contribution < -0.4 is 4.90 Å². The summed E-state index contributed by atoms with van der Waals surface area (Å²) >= 11 is 1.64. The Morgan fingerprint density at radius 2 is 1.71 bits per heavy atom. The van der Waals surface area contributed by atoms with E-state index in [9.17, 15) is 19.5 Å². The Morgan fingerprint density at radius 1 is 0.921 bits per heavy atom. The fourth-order valence-electron chi connectivity index (χ4n) is 7.35. The third-order valence-electron chi connectivity index (χ3n) is 9.08. The molecule has 6 rings (SSSR count). The van der Waals surface area contributed by atoms with E-state index in [1.54, 1.807) is 21.6 Å². The van der Waals surface area contributed by atoms with Gasteiger partial charge in [-0.3, -0.25) is 14.4 Å². The van der Waals surface area contributed by atoms with Gasteiger partial charge in [0, 0.05) is 43.2 Å². The summed E-state index contributed by atoms with van der Waals surface area (Å²) in [7, 11) is 0. The minimum absolute atomic E-state index is 0.0297. The zero-order valence-corrected chi connectivity index (χ0v) is 22.6. The highest BCUT2D eigenvalue weighted by molar-refractivity contribution is 8.02. The summed E-state index contributed by atoms with van der Waals surface area (Å²) in [5.74, 6) is -1.23. The van der Waals surface area contributed by atoms with E-state index in [-0.39, 0.29) is 35.6 Å². The Balaban J connectivity index is 1.39. The largest absolute Gasteiger partial charge is 0.396 e. The molecule has 1 aliphatic carbocycles. The molecule has 1 saturated carbocycles. The Labute approximate surface area is 228 Å². The lowest BCUT2D eigenvalue weighted by atomic mass is 9.78. The van der Waals surface area contributed by atoms with E-state index < -0.39 is 22.6 Å². The predicted octanol–water partition coefficient (Wildman–Crippen LogP) is 3.39. The third kappa shape index (κ3) is 4.11. The summed E-state index contributed by atoms with van der Waals surface area (Å²) in [6.45, 7) is 1.50. The lowest BCUT2D eigenvalue weighted by molar-refractivity contribution is -0.144. The average molecular weight is 536 g/mol. The van der Waals surface area contributed by atoms with Crippen molar-refractivity contribution in [1.82, 2.24) is 9.80 Å². The average Bonchev–Trinajstić information content (AvgIpc) is 3.24. The van der Waals surface area contributed by atoms with Gasteiger partial charge in [0.05, 0.1) is 16.6 Å². The molecule has 3 amide bonds. The number of nitrogens with zero attached hydrogens (tertiary/aromatic N) is 3. The van der Waals surface area contributed by atoms with Gasteiger partial charge < -0.3 is 19.8 Å². The van der Waals surface area contributed by atoms with E-state index in [1.165, 1.54) is 6.42 Å². The van der Waals surface area contributed by atoms with Crippen LogP contribution in [-0.2, 0) is 14.4 Å². The second-order valence-electron chi connectivity index (χ2n) is 11.2. The molecule has 1 N–H and O–H groups in total. The quantitative estimate of drug-likeness (QED) is 0.446. The van der Waals surface area contributed by atoms with Gasteiger partial charge in [0.1, 0.15) is 6.04 Å². The van der Waals surface area contributed by atoms with Crippen molar-refractivity contribution in [2.75, 3.05) is 31.1 Å². The van der Waals surface area contributed by atoms with Crippen LogP contribution in [0.4, 0.5) is 5.69 Å². The molecular weight excluding hydrogens is 498 g/mol. The summed E-state index contributed by atoms with van der Waals surface area (Å²) in [5, 5.41) is 9.25. The first-order valence-corrected chi connectivity index (χ1v) is 15.0. The number of anilines is 1. The van der Waals surface area contributed by atoms with Gasteiger partial charge in [0.15, 0.2) is 0 Å². The number of para-hydroxylation sites is 1. The first-order chi connectivity index (χ1) is 18.6. The topological polar surface area (TPSA) is 81.2 Å². The normalized spacial score (nSPS) is 33.3. The highest BCUT2D eigenvalue weighted by atomic mass is 32.2. The molecule has 1 spiro atoms. The molecule has 0 bridgehead atoms. The minimum Gasteiger partial charge on any atom is -0.396 e. The maximum atomic E-state index is 14.4. The van der Waals surface area contributed by atoms with Crippen LogP contribution >= 0.6 is 11.8 Å². The predicted molar refractivity (Wildman–Crippen MR) is 149 cm³/mol. The maximum absolute atomic E-state index is 14.4. The van der Waals surface area contributed by atoms with Crippen LogP contribution in [0.3, 0.4) is 0 Å². The van der Waals surface area contributed by atoms with Crippen LogP contribution in [0.15, 0.2) is 54.6 Å². The first-order valence-electron chi connectivity index (χ1n) is 14.2. The molecule has 1 aromatic rings. The molecule has 4 aliphatic heterocycles. The summed E-state index contributed by atoms with van der Waals surface area (Å²) in [6.07, 6.45) is 15.0. The molecule has 0 aromatic heterocycles. The van der Waals surface area contributed by atoms with Crippen LogP contribution in [0.1, 0.15) is 44.9 Å². The van der Waals surface area contributed by atoms with Gasteiger partial charge in [-0.05, 0) is 37.8 Å². The SMILES string of the molecule is O=C1[C@@H]2[C@H](C=CCN1c1ccccc1)S[C@]13C=CCN(C4CCCCC4)C(=O)C1N(CCCCO)C(=O)[C@H]23. The molecule has 38 heavy (non-hydrogen) atoms. The summed E-state index contributed by atoms with van der Waals surface area (Å²) in [5.41, 5.74) is 0.825. The molecule has 1 unspecified atom stereocenters. The van der Waals surface area contributed by atoms with Crippen LogP contribution in [0.2, 0.25) is 0 Å². The number of unbranched alkanes of at least 4 members (excludes halogenated alkanes) is 1. The lowest BCUT2D eigenvalue weighted by Crippen LogP contribution is -2.55. The van der Waals surface area contributed by atoms with Crippen molar-refractivity contribution in [3.8, 4) is 0 Å². The number of hydrogen-bond acceptors (Lipinski definition) is 5. The number of hydrogen-bond donors (Lipinski definition) is 1. The van der Waals surface area contributed by atoms with Crippen molar-refractivity contribution >= 4 is 35.2 Å². The first kappa shape index (κ1) is 25.7. The van der Waals surface area contributed by atoms with Crippen molar-refractivity contribution in [2.45, 2.75) is 67.0 Å². The summed E-state index contributed by atoms with van der Waals surface area (Å²) in [6, 6.07) is 9.22. The number of carbonyl (C=O) groups is 3.